The van der Waals surface area contributed by atoms with Crippen molar-refractivity contribution >= 4 is 11.9 Å². The summed E-state index contributed by atoms with van der Waals surface area (Å²) >= 11 is 0. The SMILES string of the molecule is C#CC(C)(C)NC(=O)C(C(=O)O)C(C)(C)C. The van der Waals surface area contributed by atoms with Gasteiger partial charge in [-0.05, 0) is 19.3 Å². The summed E-state index contributed by atoms with van der Waals surface area (Å²) < 4.78 is 0. The molecule has 0 aromatic heterocycles. The molecule has 1 unspecified atom stereocenters. The molecule has 0 radical (unpaired) electrons. The number of carboxylic acid groups (broad SMARTS) is 1. The summed E-state index contributed by atoms with van der Waals surface area (Å²) in [5.41, 5.74) is -1.49. The van der Waals surface area contributed by atoms with Crippen molar-refractivity contribution in [2.45, 2.75) is 40.2 Å². The second-order valence-corrected chi connectivity index (χ2v) is 5.40. The Morgan fingerprint density at radius 1 is 1.25 bits per heavy atom. The average Bonchev–Trinajstić information content (AvgIpc) is 1.99. The normalized spacial score (nSPS) is 13.8. The maximum atomic E-state index is 11.8. The molecule has 0 aromatic rings. The molecule has 0 aromatic carbocycles. The molecule has 0 aliphatic carbocycles. The molecule has 0 saturated heterocycles. The van der Waals surface area contributed by atoms with Gasteiger partial charge in [0.05, 0.1) is 5.54 Å². The third-order valence-corrected chi connectivity index (χ3v) is 2.17. The van der Waals surface area contributed by atoms with E-state index in [1.54, 1.807) is 34.6 Å². The first-order valence-corrected chi connectivity index (χ1v) is 5.04. The Balaban J connectivity index is 4.95. The van der Waals surface area contributed by atoms with Gasteiger partial charge in [0.25, 0.3) is 0 Å². The van der Waals surface area contributed by atoms with Crippen molar-refractivity contribution in [2.24, 2.45) is 11.3 Å². The van der Waals surface area contributed by atoms with E-state index >= 15 is 0 Å². The number of hydrogen-bond donors (Lipinski definition) is 2. The highest BCUT2D eigenvalue weighted by Gasteiger charge is 2.39. The van der Waals surface area contributed by atoms with Gasteiger partial charge in [-0.15, -0.1) is 6.42 Å². The maximum absolute atomic E-state index is 11.8. The molecule has 16 heavy (non-hydrogen) atoms. The lowest BCUT2D eigenvalue weighted by molar-refractivity contribution is -0.151. The van der Waals surface area contributed by atoms with Gasteiger partial charge in [-0.1, -0.05) is 26.7 Å². The number of rotatable bonds is 3. The molecule has 0 saturated carbocycles. The average molecular weight is 225 g/mol. The maximum Gasteiger partial charge on any atom is 0.316 e. The van der Waals surface area contributed by atoms with Crippen LogP contribution in [0.15, 0.2) is 0 Å². The van der Waals surface area contributed by atoms with E-state index in [1.165, 1.54) is 0 Å². The van der Waals surface area contributed by atoms with Crippen LogP contribution in [0.5, 0.6) is 0 Å². The van der Waals surface area contributed by atoms with Gasteiger partial charge in [0, 0.05) is 0 Å². The monoisotopic (exact) mass is 225 g/mol. The van der Waals surface area contributed by atoms with Gasteiger partial charge in [-0.3, -0.25) is 9.59 Å². The molecular formula is C12H19NO3. The molecule has 0 bridgehead atoms. The number of hydrogen-bond acceptors (Lipinski definition) is 2. The predicted octanol–water partition coefficient (Wildman–Crippen LogP) is 1.26. The van der Waals surface area contributed by atoms with Crippen LogP contribution in [0.3, 0.4) is 0 Å². The molecule has 0 aliphatic rings. The van der Waals surface area contributed by atoms with Gasteiger partial charge < -0.3 is 10.4 Å². The highest BCUT2D eigenvalue weighted by Crippen LogP contribution is 2.26. The second-order valence-electron chi connectivity index (χ2n) is 5.40. The highest BCUT2D eigenvalue weighted by molar-refractivity contribution is 5.98. The fraction of sp³-hybridized carbons (Fsp3) is 0.667. The van der Waals surface area contributed by atoms with Crippen LogP contribution in [0.25, 0.3) is 0 Å². The third kappa shape index (κ3) is 3.93. The predicted molar refractivity (Wildman–Crippen MR) is 61.6 cm³/mol. The van der Waals surface area contributed by atoms with Gasteiger partial charge >= 0.3 is 5.97 Å². The molecule has 2 N–H and O–H groups in total. The van der Waals surface area contributed by atoms with Crippen LogP contribution in [0.4, 0.5) is 0 Å². The summed E-state index contributed by atoms with van der Waals surface area (Å²) in [7, 11) is 0. The van der Waals surface area contributed by atoms with Crippen molar-refractivity contribution in [2.75, 3.05) is 0 Å². The molecule has 1 amide bonds. The largest absolute Gasteiger partial charge is 0.481 e. The van der Waals surface area contributed by atoms with Crippen LogP contribution in [0.1, 0.15) is 34.6 Å². The number of aliphatic carboxylic acids is 1. The van der Waals surface area contributed by atoms with Gasteiger partial charge in [-0.2, -0.15) is 0 Å². The first kappa shape index (κ1) is 14.5. The number of carboxylic acids is 1. The molecule has 0 aliphatic heterocycles. The van der Waals surface area contributed by atoms with Gasteiger partial charge in [0.15, 0.2) is 0 Å². The van der Waals surface area contributed by atoms with Crippen molar-refractivity contribution in [3.8, 4) is 12.3 Å². The van der Waals surface area contributed by atoms with E-state index in [2.05, 4.69) is 11.2 Å². The van der Waals surface area contributed by atoms with E-state index in [0.29, 0.717) is 0 Å². The van der Waals surface area contributed by atoms with E-state index in [-0.39, 0.29) is 0 Å². The van der Waals surface area contributed by atoms with Crippen LogP contribution in [0.2, 0.25) is 0 Å². The first-order valence-electron chi connectivity index (χ1n) is 5.04. The summed E-state index contributed by atoms with van der Waals surface area (Å²) in [5.74, 6) is -0.412. The van der Waals surface area contributed by atoms with Crippen molar-refractivity contribution in [1.82, 2.24) is 5.32 Å². The Bertz CT molecular complexity index is 331. The number of carbonyl (C=O) groups excluding carboxylic acids is 1. The van der Waals surface area contributed by atoms with Gasteiger partial charge in [0.1, 0.15) is 5.92 Å². The van der Waals surface area contributed by atoms with E-state index in [9.17, 15) is 9.59 Å². The number of terminal acetylenes is 1. The minimum atomic E-state index is -1.14. The first-order chi connectivity index (χ1) is 7.01. The van der Waals surface area contributed by atoms with Crippen LogP contribution in [-0.4, -0.2) is 22.5 Å². The number of carbonyl (C=O) groups is 2. The molecule has 90 valence electrons. The lowest BCUT2D eigenvalue weighted by Gasteiger charge is -2.29. The highest BCUT2D eigenvalue weighted by atomic mass is 16.4. The van der Waals surface area contributed by atoms with E-state index in [1.807, 2.05) is 0 Å². The molecular weight excluding hydrogens is 206 g/mol. The molecule has 0 spiro atoms. The summed E-state index contributed by atoms with van der Waals surface area (Å²) in [6.45, 7) is 8.40. The molecule has 1 atom stereocenters. The molecule has 0 heterocycles. The number of amides is 1. The third-order valence-electron chi connectivity index (χ3n) is 2.17. The van der Waals surface area contributed by atoms with Crippen molar-refractivity contribution < 1.29 is 14.7 Å². The zero-order chi connectivity index (χ0) is 13.1. The van der Waals surface area contributed by atoms with E-state index < -0.39 is 28.7 Å². The Morgan fingerprint density at radius 2 is 1.69 bits per heavy atom. The molecule has 0 fully saturated rings. The van der Waals surface area contributed by atoms with Crippen molar-refractivity contribution in [3.63, 3.8) is 0 Å². The summed E-state index contributed by atoms with van der Waals surface area (Å²) in [6.07, 6.45) is 5.23. The van der Waals surface area contributed by atoms with E-state index in [4.69, 9.17) is 11.5 Å². The summed E-state index contributed by atoms with van der Waals surface area (Å²) in [5, 5.41) is 11.6. The Hall–Kier alpha value is -1.50. The lowest BCUT2D eigenvalue weighted by atomic mass is 9.80. The quantitative estimate of drug-likeness (QED) is 0.561. The minimum Gasteiger partial charge on any atom is -0.481 e. The zero-order valence-electron chi connectivity index (χ0n) is 10.4. The molecule has 4 nitrogen and oxygen atoms in total. The topological polar surface area (TPSA) is 66.4 Å². The fourth-order valence-corrected chi connectivity index (χ4v) is 1.29. The van der Waals surface area contributed by atoms with Gasteiger partial charge in [0.2, 0.25) is 5.91 Å². The van der Waals surface area contributed by atoms with Crippen LogP contribution >= 0.6 is 0 Å². The fourth-order valence-electron chi connectivity index (χ4n) is 1.29. The van der Waals surface area contributed by atoms with Crippen molar-refractivity contribution in [3.05, 3.63) is 0 Å². The van der Waals surface area contributed by atoms with E-state index in [0.717, 1.165) is 0 Å². The summed E-state index contributed by atoms with van der Waals surface area (Å²) in [4.78, 5) is 22.9. The zero-order valence-corrected chi connectivity index (χ0v) is 10.4. The Morgan fingerprint density at radius 3 is 1.94 bits per heavy atom. The Kier molecular flexibility index (Phi) is 4.14. The lowest BCUT2D eigenvalue weighted by Crippen LogP contribution is -2.50. The van der Waals surface area contributed by atoms with Gasteiger partial charge in [-0.25, -0.2) is 0 Å². The van der Waals surface area contributed by atoms with Crippen molar-refractivity contribution in [1.29, 1.82) is 0 Å². The number of nitrogens with one attached hydrogen (secondary N) is 1. The molecule has 0 rings (SSSR count). The van der Waals surface area contributed by atoms with Crippen LogP contribution in [0, 0.1) is 23.7 Å². The second kappa shape index (κ2) is 4.56. The Labute approximate surface area is 96.4 Å². The standard InChI is InChI=1S/C12H19NO3/c1-7-12(5,6)13-9(14)8(10(15)16)11(2,3)4/h1,8H,2-6H3,(H,13,14)(H,15,16). The van der Waals surface area contributed by atoms with Crippen LogP contribution in [-0.2, 0) is 9.59 Å². The van der Waals surface area contributed by atoms with Crippen LogP contribution < -0.4 is 5.32 Å². The minimum absolute atomic E-state index is 0.553. The smallest absolute Gasteiger partial charge is 0.316 e. The molecule has 4 heteroatoms. The summed E-state index contributed by atoms with van der Waals surface area (Å²) in [6, 6.07) is 0.